The number of rotatable bonds is 8. The Morgan fingerprint density at radius 1 is 1.19 bits per heavy atom. The highest BCUT2D eigenvalue weighted by molar-refractivity contribution is 5.14. The number of benzene rings is 1. The summed E-state index contributed by atoms with van der Waals surface area (Å²) in [5.74, 6) is 0.920. The number of aryl methyl sites for hydroxylation is 1. The van der Waals surface area contributed by atoms with Gasteiger partial charge in [0.25, 0.3) is 0 Å². The van der Waals surface area contributed by atoms with Crippen LogP contribution in [0, 0.1) is 0 Å². The number of nitrogens with zero attached hydrogens (tertiary/aromatic N) is 4. The molecule has 2 atom stereocenters. The van der Waals surface area contributed by atoms with Crippen molar-refractivity contribution in [2.75, 3.05) is 6.54 Å². The van der Waals surface area contributed by atoms with Crippen LogP contribution in [0.15, 0.2) is 30.3 Å². The van der Waals surface area contributed by atoms with Crippen LogP contribution in [-0.2, 0) is 6.42 Å². The molecule has 0 spiro atoms. The largest absolute Gasteiger partial charge is 0.307 e. The average molecular weight is 287 g/mol. The second-order valence-corrected chi connectivity index (χ2v) is 5.53. The molecule has 2 rings (SSSR count). The van der Waals surface area contributed by atoms with E-state index in [4.69, 9.17) is 0 Å². The molecule has 0 radical (unpaired) electrons. The van der Waals surface area contributed by atoms with Crippen LogP contribution in [0.4, 0.5) is 0 Å². The summed E-state index contributed by atoms with van der Waals surface area (Å²) in [6.07, 6.45) is 3.18. The molecule has 21 heavy (non-hydrogen) atoms. The molecule has 0 aliphatic heterocycles. The zero-order valence-corrected chi connectivity index (χ0v) is 13.2. The zero-order valence-electron chi connectivity index (χ0n) is 13.2. The first-order chi connectivity index (χ1) is 10.2. The Kier molecular flexibility index (Phi) is 5.87. The van der Waals surface area contributed by atoms with E-state index in [9.17, 15) is 0 Å². The number of tetrazole rings is 1. The quantitative estimate of drug-likeness (QED) is 0.811. The molecule has 2 aromatic rings. The van der Waals surface area contributed by atoms with Crippen LogP contribution in [-0.4, -0.2) is 26.8 Å². The third-order valence-electron chi connectivity index (χ3n) is 3.72. The second-order valence-electron chi connectivity index (χ2n) is 5.53. The minimum Gasteiger partial charge on any atom is -0.307 e. The van der Waals surface area contributed by atoms with Crippen molar-refractivity contribution in [2.45, 2.75) is 52.1 Å². The van der Waals surface area contributed by atoms with Crippen LogP contribution < -0.4 is 5.32 Å². The fourth-order valence-electron chi connectivity index (χ4n) is 2.39. The summed E-state index contributed by atoms with van der Waals surface area (Å²) < 4.78 is 1.95. The Labute approximate surface area is 126 Å². The van der Waals surface area contributed by atoms with Crippen molar-refractivity contribution in [3.63, 3.8) is 0 Å². The minimum absolute atomic E-state index is 0.180. The minimum atomic E-state index is 0.180. The van der Waals surface area contributed by atoms with Crippen LogP contribution in [0.1, 0.15) is 57.1 Å². The van der Waals surface area contributed by atoms with Gasteiger partial charge in [-0.1, -0.05) is 37.3 Å². The monoisotopic (exact) mass is 287 g/mol. The normalized spacial score (nSPS) is 14.0. The van der Waals surface area contributed by atoms with E-state index in [1.165, 1.54) is 5.56 Å². The third kappa shape index (κ3) is 4.36. The van der Waals surface area contributed by atoms with Gasteiger partial charge in [0.1, 0.15) is 0 Å². The summed E-state index contributed by atoms with van der Waals surface area (Å²) >= 11 is 0. The van der Waals surface area contributed by atoms with Gasteiger partial charge in [0.15, 0.2) is 5.82 Å². The molecular formula is C16H25N5. The molecule has 0 aliphatic carbocycles. The first-order valence-corrected chi connectivity index (χ1v) is 7.77. The van der Waals surface area contributed by atoms with Crippen LogP contribution in [0.3, 0.4) is 0 Å². The number of nitrogens with one attached hydrogen (secondary N) is 1. The van der Waals surface area contributed by atoms with Gasteiger partial charge in [0.2, 0.25) is 0 Å². The number of aromatic nitrogens is 4. The Morgan fingerprint density at radius 2 is 1.95 bits per heavy atom. The summed E-state index contributed by atoms with van der Waals surface area (Å²) in [6, 6.07) is 11.0. The lowest BCUT2D eigenvalue weighted by Gasteiger charge is -2.17. The summed E-state index contributed by atoms with van der Waals surface area (Å²) in [4.78, 5) is 0. The molecule has 2 unspecified atom stereocenters. The van der Waals surface area contributed by atoms with Crippen LogP contribution in [0.5, 0.6) is 0 Å². The Balaban J connectivity index is 1.96. The highest BCUT2D eigenvalue weighted by Crippen LogP contribution is 2.18. The van der Waals surface area contributed by atoms with E-state index < -0.39 is 0 Å². The van der Waals surface area contributed by atoms with Crippen molar-refractivity contribution in [2.24, 2.45) is 0 Å². The molecule has 0 saturated carbocycles. The highest BCUT2D eigenvalue weighted by atomic mass is 15.6. The molecule has 0 saturated heterocycles. The Morgan fingerprint density at radius 3 is 2.67 bits per heavy atom. The fourth-order valence-corrected chi connectivity index (χ4v) is 2.39. The molecule has 1 heterocycles. The van der Waals surface area contributed by atoms with E-state index in [2.05, 4.69) is 65.9 Å². The van der Waals surface area contributed by atoms with Crippen molar-refractivity contribution < 1.29 is 0 Å². The van der Waals surface area contributed by atoms with Gasteiger partial charge in [0, 0.05) is 0 Å². The molecule has 0 fully saturated rings. The summed E-state index contributed by atoms with van der Waals surface area (Å²) in [6.45, 7) is 7.43. The molecule has 1 aromatic carbocycles. The van der Waals surface area contributed by atoms with Gasteiger partial charge in [-0.05, 0) is 55.6 Å². The van der Waals surface area contributed by atoms with E-state index in [0.717, 1.165) is 31.6 Å². The zero-order chi connectivity index (χ0) is 15.1. The lowest BCUT2D eigenvalue weighted by atomic mass is 10.1. The SMILES string of the molecule is CCCNC(C)c1nnnn1C(C)CCc1ccccc1. The van der Waals surface area contributed by atoms with Gasteiger partial charge >= 0.3 is 0 Å². The van der Waals surface area contributed by atoms with Gasteiger partial charge in [-0.25, -0.2) is 4.68 Å². The maximum atomic E-state index is 4.18. The van der Waals surface area contributed by atoms with Crippen molar-refractivity contribution in [1.29, 1.82) is 0 Å². The Bertz CT molecular complexity index is 522. The summed E-state index contributed by atoms with van der Waals surface area (Å²) in [7, 11) is 0. The van der Waals surface area contributed by atoms with Gasteiger partial charge in [0.05, 0.1) is 12.1 Å². The van der Waals surface area contributed by atoms with Gasteiger partial charge in [-0.3, -0.25) is 0 Å². The fraction of sp³-hybridized carbons (Fsp3) is 0.562. The summed E-state index contributed by atoms with van der Waals surface area (Å²) in [5, 5.41) is 15.6. The third-order valence-corrected chi connectivity index (χ3v) is 3.72. The lowest BCUT2D eigenvalue weighted by Crippen LogP contribution is -2.24. The van der Waals surface area contributed by atoms with E-state index in [1.54, 1.807) is 0 Å². The highest BCUT2D eigenvalue weighted by Gasteiger charge is 2.17. The molecule has 0 amide bonds. The molecule has 0 bridgehead atoms. The van der Waals surface area contributed by atoms with Crippen molar-refractivity contribution in [3.8, 4) is 0 Å². The standard InChI is InChI=1S/C16H25N5/c1-4-12-17-14(3)16-18-19-20-21(16)13(2)10-11-15-8-6-5-7-9-15/h5-9,13-14,17H,4,10-12H2,1-3H3. The topological polar surface area (TPSA) is 55.6 Å². The maximum Gasteiger partial charge on any atom is 0.168 e. The molecule has 5 nitrogen and oxygen atoms in total. The van der Waals surface area contributed by atoms with Gasteiger partial charge in [-0.2, -0.15) is 0 Å². The van der Waals surface area contributed by atoms with Crippen LogP contribution >= 0.6 is 0 Å². The maximum absolute atomic E-state index is 4.18. The Hall–Kier alpha value is -1.75. The van der Waals surface area contributed by atoms with Crippen LogP contribution in [0.2, 0.25) is 0 Å². The molecule has 1 N–H and O–H groups in total. The first-order valence-electron chi connectivity index (χ1n) is 7.77. The summed E-state index contributed by atoms with van der Waals surface area (Å²) in [5.41, 5.74) is 1.36. The molecule has 0 aliphatic rings. The van der Waals surface area contributed by atoms with E-state index in [0.29, 0.717) is 6.04 Å². The smallest absolute Gasteiger partial charge is 0.168 e. The van der Waals surface area contributed by atoms with Gasteiger partial charge in [-0.15, -0.1) is 5.10 Å². The molecule has 114 valence electrons. The van der Waals surface area contributed by atoms with Crippen molar-refractivity contribution >= 4 is 0 Å². The van der Waals surface area contributed by atoms with Gasteiger partial charge < -0.3 is 5.32 Å². The molecule has 5 heteroatoms. The number of hydrogen-bond acceptors (Lipinski definition) is 4. The second kappa shape index (κ2) is 7.88. The molecular weight excluding hydrogens is 262 g/mol. The van der Waals surface area contributed by atoms with Crippen LogP contribution in [0.25, 0.3) is 0 Å². The van der Waals surface area contributed by atoms with E-state index in [1.807, 2.05) is 10.7 Å². The van der Waals surface area contributed by atoms with Crippen molar-refractivity contribution in [3.05, 3.63) is 41.7 Å². The predicted molar refractivity (Wildman–Crippen MR) is 84.0 cm³/mol. The average Bonchev–Trinajstić information content (AvgIpc) is 3.01. The predicted octanol–water partition coefficient (Wildman–Crippen LogP) is 2.93. The molecule has 1 aromatic heterocycles. The van der Waals surface area contributed by atoms with E-state index in [-0.39, 0.29) is 6.04 Å². The first kappa shape index (κ1) is 15.6. The van der Waals surface area contributed by atoms with E-state index >= 15 is 0 Å². The van der Waals surface area contributed by atoms with Crippen molar-refractivity contribution in [1.82, 2.24) is 25.5 Å². The number of hydrogen-bond donors (Lipinski definition) is 1. The lowest BCUT2D eigenvalue weighted by molar-refractivity contribution is 0.407.